The molecular formula is C13H15N5O2. The Hall–Kier alpha value is -2.44. The van der Waals surface area contributed by atoms with E-state index in [1.807, 2.05) is 30.3 Å². The van der Waals surface area contributed by atoms with Gasteiger partial charge in [0, 0.05) is 13.1 Å². The van der Waals surface area contributed by atoms with E-state index in [4.69, 9.17) is 4.74 Å². The third kappa shape index (κ3) is 2.61. The second-order valence-electron chi connectivity index (χ2n) is 4.62. The molecule has 20 heavy (non-hydrogen) atoms. The molecule has 3 rings (SSSR count). The minimum absolute atomic E-state index is 0.00225. The van der Waals surface area contributed by atoms with E-state index in [2.05, 4.69) is 15.5 Å². The Morgan fingerprint density at radius 2 is 2.10 bits per heavy atom. The summed E-state index contributed by atoms with van der Waals surface area (Å²) in [5, 5.41) is 11.0. The van der Waals surface area contributed by atoms with Crippen LogP contribution in [-0.2, 0) is 11.3 Å². The minimum Gasteiger partial charge on any atom is -0.447 e. The topological polar surface area (TPSA) is 73.1 Å². The van der Waals surface area contributed by atoms with Gasteiger partial charge in [-0.3, -0.25) is 4.90 Å². The number of benzene rings is 1. The zero-order valence-corrected chi connectivity index (χ0v) is 10.9. The van der Waals surface area contributed by atoms with Crippen molar-refractivity contribution in [1.82, 2.24) is 25.1 Å². The molecule has 0 unspecified atom stereocenters. The lowest BCUT2D eigenvalue weighted by atomic mass is 10.1. The van der Waals surface area contributed by atoms with Crippen molar-refractivity contribution in [2.45, 2.75) is 19.0 Å². The summed E-state index contributed by atoms with van der Waals surface area (Å²) < 4.78 is 6.81. The molecule has 0 bridgehead atoms. The number of aryl methyl sites for hydroxylation is 1. The summed E-state index contributed by atoms with van der Waals surface area (Å²) in [4.78, 5) is 13.6. The van der Waals surface area contributed by atoms with Crippen LogP contribution in [0, 0.1) is 0 Å². The number of amides is 1. The molecule has 0 N–H and O–H groups in total. The van der Waals surface area contributed by atoms with E-state index < -0.39 is 0 Å². The molecule has 2 aromatic rings. The molecule has 7 nitrogen and oxygen atoms in total. The van der Waals surface area contributed by atoms with Crippen LogP contribution in [0.1, 0.15) is 18.0 Å². The smallest absolute Gasteiger partial charge is 0.410 e. The van der Waals surface area contributed by atoms with Gasteiger partial charge in [-0.15, -0.1) is 5.10 Å². The van der Waals surface area contributed by atoms with Gasteiger partial charge in [0.25, 0.3) is 0 Å². The second-order valence-corrected chi connectivity index (χ2v) is 4.62. The van der Waals surface area contributed by atoms with Gasteiger partial charge in [-0.05, 0) is 22.4 Å². The largest absolute Gasteiger partial charge is 0.447 e. The van der Waals surface area contributed by atoms with E-state index in [1.165, 1.54) is 0 Å². The van der Waals surface area contributed by atoms with Gasteiger partial charge in [-0.25, -0.2) is 9.48 Å². The molecular weight excluding hydrogens is 258 g/mol. The van der Waals surface area contributed by atoms with Gasteiger partial charge in [0.15, 0.2) is 0 Å². The number of aromatic nitrogens is 4. The third-order valence-corrected chi connectivity index (χ3v) is 3.34. The van der Waals surface area contributed by atoms with Crippen molar-refractivity contribution in [3.63, 3.8) is 0 Å². The molecule has 1 aromatic carbocycles. The average Bonchev–Trinajstić information content (AvgIpc) is 3.11. The highest BCUT2D eigenvalue weighted by molar-refractivity contribution is 5.70. The van der Waals surface area contributed by atoms with E-state index >= 15 is 0 Å². The van der Waals surface area contributed by atoms with Crippen LogP contribution in [0.2, 0.25) is 0 Å². The maximum Gasteiger partial charge on any atom is 0.410 e. The summed E-state index contributed by atoms with van der Waals surface area (Å²) >= 11 is 0. The maximum atomic E-state index is 11.8. The number of hydrogen-bond acceptors (Lipinski definition) is 5. The molecule has 1 aliphatic heterocycles. The summed E-state index contributed by atoms with van der Waals surface area (Å²) in [7, 11) is 0. The van der Waals surface area contributed by atoms with Crippen LogP contribution in [0.3, 0.4) is 0 Å². The maximum absolute atomic E-state index is 11.8. The first-order valence-electron chi connectivity index (χ1n) is 6.54. The summed E-state index contributed by atoms with van der Waals surface area (Å²) in [6.45, 7) is 1.71. The first-order valence-corrected chi connectivity index (χ1v) is 6.54. The molecule has 0 saturated carbocycles. The Morgan fingerprint density at radius 3 is 2.85 bits per heavy atom. The highest BCUT2D eigenvalue weighted by atomic mass is 16.6. The monoisotopic (exact) mass is 273 g/mol. The molecule has 1 saturated heterocycles. The van der Waals surface area contributed by atoms with Crippen molar-refractivity contribution >= 4 is 6.09 Å². The van der Waals surface area contributed by atoms with Crippen LogP contribution in [-0.4, -0.2) is 44.4 Å². The molecule has 7 heteroatoms. The molecule has 1 atom stereocenters. The molecule has 0 aliphatic carbocycles. The first kappa shape index (κ1) is 12.6. The minimum atomic E-state index is -0.254. The molecule has 1 aliphatic rings. The standard InChI is InChI=1S/C13H15N5O2/c19-13-18(8-4-7-17-10-14-15-16-17)12(9-20-13)11-5-2-1-3-6-11/h1-3,5-6,10,12H,4,7-9H2/t12-/m1/s1. The van der Waals surface area contributed by atoms with Gasteiger partial charge >= 0.3 is 6.09 Å². The summed E-state index contributed by atoms with van der Waals surface area (Å²) in [6.07, 6.45) is 2.09. The number of carbonyl (C=O) groups excluding carboxylic acids is 1. The fourth-order valence-corrected chi connectivity index (χ4v) is 2.33. The number of ether oxygens (including phenoxy) is 1. The Labute approximate surface area is 116 Å². The number of tetrazole rings is 1. The lowest BCUT2D eigenvalue weighted by Crippen LogP contribution is -2.29. The summed E-state index contributed by atoms with van der Waals surface area (Å²) in [6, 6.07) is 9.93. The number of carbonyl (C=O) groups is 1. The van der Waals surface area contributed by atoms with Gasteiger partial charge in [-0.2, -0.15) is 0 Å². The zero-order chi connectivity index (χ0) is 13.8. The number of hydrogen-bond donors (Lipinski definition) is 0. The fraction of sp³-hybridized carbons (Fsp3) is 0.385. The van der Waals surface area contributed by atoms with E-state index in [0.29, 0.717) is 19.7 Å². The number of rotatable bonds is 5. The van der Waals surface area contributed by atoms with E-state index in [0.717, 1.165) is 12.0 Å². The average molecular weight is 273 g/mol. The van der Waals surface area contributed by atoms with Crippen LogP contribution in [0.4, 0.5) is 4.79 Å². The van der Waals surface area contributed by atoms with Crippen molar-refractivity contribution in [1.29, 1.82) is 0 Å². The van der Waals surface area contributed by atoms with Crippen molar-refractivity contribution in [2.75, 3.05) is 13.2 Å². The van der Waals surface area contributed by atoms with Crippen molar-refractivity contribution in [3.8, 4) is 0 Å². The van der Waals surface area contributed by atoms with Crippen molar-refractivity contribution in [3.05, 3.63) is 42.2 Å². The number of nitrogens with zero attached hydrogens (tertiary/aromatic N) is 5. The van der Waals surface area contributed by atoms with Crippen LogP contribution in [0.25, 0.3) is 0 Å². The number of cyclic esters (lactones) is 1. The zero-order valence-electron chi connectivity index (χ0n) is 10.9. The van der Waals surface area contributed by atoms with E-state index in [-0.39, 0.29) is 12.1 Å². The Balaban J connectivity index is 1.62. The van der Waals surface area contributed by atoms with Gasteiger partial charge in [0.1, 0.15) is 12.9 Å². The fourth-order valence-electron chi connectivity index (χ4n) is 2.33. The predicted molar refractivity (Wildman–Crippen MR) is 69.7 cm³/mol. The molecule has 2 heterocycles. The lowest BCUT2D eigenvalue weighted by molar-refractivity contribution is 0.157. The molecule has 1 fully saturated rings. The van der Waals surface area contributed by atoms with Crippen LogP contribution in [0.15, 0.2) is 36.7 Å². The molecule has 104 valence electrons. The normalized spacial score (nSPS) is 18.3. The van der Waals surface area contributed by atoms with Crippen molar-refractivity contribution in [2.24, 2.45) is 0 Å². The Kier molecular flexibility index (Phi) is 3.58. The van der Waals surface area contributed by atoms with Crippen LogP contribution < -0.4 is 0 Å². The van der Waals surface area contributed by atoms with E-state index in [1.54, 1.807) is 15.9 Å². The third-order valence-electron chi connectivity index (χ3n) is 3.34. The van der Waals surface area contributed by atoms with Gasteiger partial charge in [-0.1, -0.05) is 30.3 Å². The molecule has 0 spiro atoms. The lowest BCUT2D eigenvalue weighted by Gasteiger charge is -2.21. The summed E-state index contributed by atoms with van der Waals surface area (Å²) in [5.41, 5.74) is 1.10. The molecule has 1 amide bonds. The Morgan fingerprint density at radius 1 is 1.25 bits per heavy atom. The van der Waals surface area contributed by atoms with Crippen LogP contribution in [0.5, 0.6) is 0 Å². The van der Waals surface area contributed by atoms with Crippen LogP contribution >= 0.6 is 0 Å². The molecule has 1 aromatic heterocycles. The second kappa shape index (κ2) is 5.68. The highest BCUT2D eigenvalue weighted by Gasteiger charge is 2.33. The SMILES string of the molecule is O=C1OC[C@H](c2ccccc2)N1CCCn1cnnn1. The predicted octanol–water partition coefficient (Wildman–Crippen LogP) is 1.26. The van der Waals surface area contributed by atoms with Gasteiger partial charge in [0.05, 0.1) is 6.04 Å². The van der Waals surface area contributed by atoms with Gasteiger partial charge in [0.2, 0.25) is 0 Å². The Bertz CT molecular complexity index is 557. The van der Waals surface area contributed by atoms with Crippen molar-refractivity contribution < 1.29 is 9.53 Å². The highest BCUT2D eigenvalue weighted by Crippen LogP contribution is 2.27. The van der Waals surface area contributed by atoms with Gasteiger partial charge < -0.3 is 4.74 Å². The quantitative estimate of drug-likeness (QED) is 0.820. The molecule has 0 radical (unpaired) electrons. The van der Waals surface area contributed by atoms with E-state index in [9.17, 15) is 4.79 Å². The first-order chi connectivity index (χ1) is 9.84. The summed E-state index contributed by atoms with van der Waals surface area (Å²) in [5.74, 6) is 0.